The first kappa shape index (κ1) is 27.0. The number of carbonyl (C=O) groups excluding carboxylic acids is 2. The molecule has 34 heavy (non-hydrogen) atoms. The highest BCUT2D eigenvalue weighted by molar-refractivity contribution is 5.88. The van der Waals surface area contributed by atoms with Gasteiger partial charge in [-0.25, -0.2) is 0 Å². The molecule has 0 radical (unpaired) electrons. The van der Waals surface area contributed by atoms with Crippen LogP contribution in [-0.4, -0.2) is 30.6 Å². The van der Waals surface area contributed by atoms with Gasteiger partial charge in [-0.15, -0.1) is 0 Å². The molecule has 3 rings (SSSR count). The highest BCUT2D eigenvalue weighted by atomic mass is 16.5. The number of hydrogen-bond donors (Lipinski definition) is 0. The number of carbonyl (C=O) groups is 2. The molecule has 190 valence electrons. The first-order chi connectivity index (χ1) is 16.5. The lowest BCUT2D eigenvalue weighted by molar-refractivity contribution is -0.158. The van der Waals surface area contributed by atoms with Crippen LogP contribution < -0.4 is 0 Å². The van der Waals surface area contributed by atoms with Gasteiger partial charge >= 0.3 is 5.97 Å². The average molecular weight is 471 g/mol. The summed E-state index contributed by atoms with van der Waals surface area (Å²) >= 11 is 0. The van der Waals surface area contributed by atoms with Crippen molar-refractivity contribution in [3.8, 4) is 11.8 Å². The van der Waals surface area contributed by atoms with Crippen LogP contribution in [0, 0.1) is 35.5 Å². The van der Waals surface area contributed by atoms with Gasteiger partial charge in [0.25, 0.3) is 0 Å². The van der Waals surface area contributed by atoms with E-state index in [4.69, 9.17) is 9.47 Å². The summed E-state index contributed by atoms with van der Waals surface area (Å²) in [5.41, 5.74) is 0. The van der Waals surface area contributed by atoms with E-state index in [0.29, 0.717) is 18.3 Å². The molecule has 4 heteroatoms. The summed E-state index contributed by atoms with van der Waals surface area (Å²) in [7, 11) is 0. The number of rotatable bonds is 10. The highest BCUT2D eigenvalue weighted by Crippen LogP contribution is 2.32. The fourth-order valence-electron chi connectivity index (χ4n) is 5.62. The van der Waals surface area contributed by atoms with Crippen molar-refractivity contribution in [3.05, 3.63) is 12.7 Å². The molecule has 3 fully saturated rings. The summed E-state index contributed by atoms with van der Waals surface area (Å²) in [5, 5.41) is 0. The van der Waals surface area contributed by atoms with E-state index in [1.165, 1.54) is 31.8 Å². The number of esters is 1. The Morgan fingerprint density at radius 1 is 0.794 bits per heavy atom. The Hall–Kier alpha value is -1.60. The molecule has 3 saturated carbocycles. The van der Waals surface area contributed by atoms with Gasteiger partial charge in [0.1, 0.15) is 6.10 Å². The van der Waals surface area contributed by atoms with Gasteiger partial charge in [0, 0.05) is 24.9 Å². The molecule has 0 amide bonds. The summed E-state index contributed by atoms with van der Waals surface area (Å²) in [6.45, 7) is 6.60. The molecular formula is C30H46O4. The topological polar surface area (TPSA) is 52.6 Å². The van der Waals surface area contributed by atoms with E-state index < -0.39 is 0 Å². The van der Waals surface area contributed by atoms with Crippen molar-refractivity contribution in [1.29, 1.82) is 0 Å². The van der Waals surface area contributed by atoms with Crippen LogP contribution in [0.5, 0.6) is 0 Å². The largest absolute Gasteiger partial charge is 0.462 e. The third kappa shape index (κ3) is 9.57. The van der Waals surface area contributed by atoms with Crippen LogP contribution >= 0.6 is 0 Å². The van der Waals surface area contributed by atoms with Gasteiger partial charge in [0.15, 0.2) is 5.78 Å². The quantitative estimate of drug-likeness (QED) is 0.152. The molecule has 0 atom stereocenters. The highest BCUT2D eigenvalue weighted by Gasteiger charge is 2.30. The Labute approximate surface area is 207 Å². The van der Waals surface area contributed by atoms with Crippen molar-refractivity contribution < 1.29 is 19.1 Å². The lowest BCUT2D eigenvalue weighted by Gasteiger charge is -2.30. The molecule has 0 aromatic heterocycles. The molecule has 0 bridgehead atoms. The third-order valence-corrected chi connectivity index (χ3v) is 8.12. The average Bonchev–Trinajstić information content (AvgIpc) is 2.86. The first-order valence-corrected chi connectivity index (χ1v) is 14.0. The second kappa shape index (κ2) is 14.7. The van der Waals surface area contributed by atoms with Crippen LogP contribution in [0.15, 0.2) is 12.7 Å². The predicted octanol–water partition coefficient (Wildman–Crippen LogP) is 6.81. The van der Waals surface area contributed by atoms with Gasteiger partial charge in [-0.3, -0.25) is 9.59 Å². The van der Waals surface area contributed by atoms with Gasteiger partial charge in [-0.05, 0) is 102 Å². The smallest absolute Gasteiger partial charge is 0.309 e. The molecule has 4 nitrogen and oxygen atoms in total. The first-order valence-electron chi connectivity index (χ1n) is 14.0. The van der Waals surface area contributed by atoms with Gasteiger partial charge in [-0.2, -0.15) is 0 Å². The Kier molecular flexibility index (Phi) is 11.7. The second-order valence-corrected chi connectivity index (χ2v) is 11.0. The molecule has 0 saturated heterocycles. The van der Waals surface area contributed by atoms with E-state index >= 15 is 0 Å². The lowest BCUT2D eigenvalue weighted by atomic mass is 9.82. The molecule has 0 N–H and O–H groups in total. The maximum atomic E-state index is 12.7. The minimum absolute atomic E-state index is 0.0104. The monoisotopic (exact) mass is 470 g/mol. The van der Waals surface area contributed by atoms with Crippen molar-refractivity contribution in [3.63, 3.8) is 0 Å². The van der Waals surface area contributed by atoms with Gasteiger partial charge in [0.2, 0.25) is 0 Å². The maximum Gasteiger partial charge on any atom is 0.309 e. The molecular weight excluding hydrogens is 424 g/mol. The van der Waals surface area contributed by atoms with E-state index in [9.17, 15) is 9.59 Å². The normalized spacial score (nSPS) is 31.7. The summed E-state index contributed by atoms with van der Waals surface area (Å²) in [5.74, 6) is 9.28. The fraction of sp³-hybridized carbons (Fsp3) is 0.800. The Morgan fingerprint density at radius 2 is 1.38 bits per heavy atom. The number of hydrogen-bond acceptors (Lipinski definition) is 4. The summed E-state index contributed by atoms with van der Waals surface area (Å²) < 4.78 is 11.9. The minimum atomic E-state index is 0.0104. The van der Waals surface area contributed by atoms with Gasteiger partial charge < -0.3 is 9.47 Å². The van der Waals surface area contributed by atoms with Crippen LogP contribution in [0.25, 0.3) is 0 Å². The van der Waals surface area contributed by atoms with Crippen LogP contribution in [0.1, 0.15) is 110 Å². The maximum absolute atomic E-state index is 12.7. The standard InChI is InChI=1S/C30H46O4/c1-3-27(31)7-5-4-6-22-33-28-20-16-26(17-21-28)30(32)34-29-18-14-25(15-19-29)13-12-24-10-8-23(2)9-11-24/h3,23-26,28-29H,1,4-11,14-22H2,2H3. The number of allylic oxidation sites excluding steroid dienone is 1. The van der Waals surface area contributed by atoms with Crippen LogP contribution in [0.4, 0.5) is 0 Å². The van der Waals surface area contributed by atoms with Crippen molar-refractivity contribution in [2.45, 2.75) is 122 Å². The fourth-order valence-corrected chi connectivity index (χ4v) is 5.62. The van der Waals surface area contributed by atoms with E-state index in [1.807, 2.05) is 0 Å². The van der Waals surface area contributed by atoms with Crippen molar-refractivity contribution in [2.75, 3.05) is 6.61 Å². The number of ether oxygens (including phenoxy) is 2. The van der Waals surface area contributed by atoms with E-state index in [0.717, 1.165) is 83.2 Å². The zero-order valence-corrected chi connectivity index (χ0v) is 21.4. The van der Waals surface area contributed by atoms with Crippen molar-refractivity contribution in [1.82, 2.24) is 0 Å². The molecule has 0 spiro atoms. The minimum Gasteiger partial charge on any atom is -0.462 e. The summed E-state index contributed by atoms with van der Waals surface area (Å²) in [6.07, 6.45) is 18.1. The number of unbranched alkanes of at least 4 members (excludes halogenated alkanes) is 2. The molecule has 0 heterocycles. The van der Waals surface area contributed by atoms with Gasteiger partial charge in [-0.1, -0.05) is 31.8 Å². The number of ketones is 1. The zero-order chi connectivity index (χ0) is 24.2. The summed E-state index contributed by atoms with van der Waals surface area (Å²) in [6, 6.07) is 0. The Balaban J connectivity index is 1.24. The van der Waals surface area contributed by atoms with Crippen molar-refractivity contribution in [2.24, 2.45) is 23.7 Å². The van der Waals surface area contributed by atoms with Crippen LogP contribution in [0.3, 0.4) is 0 Å². The van der Waals surface area contributed by atoms with E-state index in [2.05, 4.69) is 25.3 Å². The molecule has 0 aromatic rings. The Bertz CT molecular complexity index is 693. The molecule has 0 unspecified atom stereocenters. The molecule has 3 aliphatic rings. The van der Waals surface area contributed by atoms with Crippen molar-refractivity contribution >= 4 is 11.8 Å². The third-order valence-electron chi connectivity index (χ3n) is 8.12. The summed E-state index contributed by atoms with van der Waals surface area (Å²) in [4.78, 5) is 23.9. The SMILES string of the molecule is C=CC(=O)CCCCCOC1CCC(C(=O)OC2CCC(C#CC3CCC(C)CC3)CC2)CC1. The van der Waals surface area contributed by atoms with E-state index in [-0.39, 0.29) is 29.9 Å². The Morgan fingerprint density at radius 3 is 2.00 bits per heavy atom. The van der Waals surface area contributed by atoms with Crippen LogP contribution in [-0.2, 0) is 19.1 Å². The second-order valence-electron chi connectivity index (χ2n) is 11.0. The predicted molar refractivity (Wildman–Crippen MR) is 136 cm³/mol. The zero-order valence-electron chi connectivity index (χ0n) is 21.4. The van der Waals surface area contributed by atoms with Gasteiger partial charge in [0.05, 0.1) is 12.0 Å². The molecule has 0 aromatic carbocycles. The molecule has 3 aliphatic carbocycles. The molecule has 0 aliphatic heterocycles. The van der Waals surface area contributed by atoms with E-state index in [1.54, 1.807) is 0 Å². The van der Waals surface area contributed by atoms with Crippen LogP contribution in [0.2, 0.25) is 0 Å². The lowest BCUT2D eigenvalue weighted by Crippen LogP contribution is -2.31.